The molecule has 4 nitrogen and oxygen atoms in total. The van der Waals surface area contributed by atoms with Gasteiger partial charge >= 0.3 is 0 Å². The first-order chi connectivity index (χ1) is 7.81. The second-order valence-corrected chi connectivity index (χ2v) is 4.86. The van der Waals surface area contributed by atoms with E-state index in [-0.39, 0.29) is 12.5 Å². The molecular weight excluding hydrogens is 204 g/mol. The van der Waals surface area contributed by atoms with Crippen LogP contribution in [0.3, 0.4) is 0 Å². The number of carbonyl (C=O) groups is 1. The Balaban J connectivity index is 1.83. The number of amides is 1. The lowest BCUT2D eigenvalue weighted by Crippen LogP contribution is -2.47. The van der Waals surface area contributed by atoms with Crippen molar-refractivity contribution in [1.82, 2.24) is 10.2 Å². The molecule has 1 amide bonds. The van der Waals surface area contributed by atoms with Crippen molar-refractivity contribution in [2.75, 3.05) is 26.8 Å². The largest absolute Gasteiger partial charge is 0.375 e. The fourth-order valence-corrected chi connectivity index (χ4v) is 2.36. The summed E-state index contributed by atoms with van der Waals surface area (Å²) in [7, 11) is 1.59. The Hall–Kier alpha value is -0.610. The van der Waals surface area contributed by atoms with Crippen LogP contribution in [0.2, 0.25) is 0 Å². The van der Waals surface area contributed by atoms with Crippen molar-refractivity contribution in [1.29, 1.82) is 0 Å². The Bertz CT molecular complexity index is 235. The second-order valence-electron chi connectivity index (χ2n) is 4.86. The number of rotatable bonds is 5. The van der Waals surface area contributed by atoms with E-state index >= 15 is 0 Å². The van der Waals surface area contributed by atoms with Crippen LogP contribution in [0.25, 0.3) is 0 Å². The maximum atomic E-state index is 11.9. The summed E-state index contributed by atoms with van der Waals surface area (Å²) >= 11 is 0. The van der Waals surface area contributed by atoms with Gasteiger partial charge in [0, 0.05) is 25.7 Å². The molecule has 0 bridgehead atoms. The SMILES string of the molecule is COCC(=O)N(CC1CCCCN1)C1CC1. The molecule has 0 spiro atoms. The monoisotopic (exact) mass is 226 g/mol. The number of piperidine rings is 1. The molecule has 0 aromatic rings. The zero-order chi connectivity index (χ0) is 11.4. The highest BCUT2D eigenvalue weighted by molar-refractivity contribution is 5.78. The van der Waals surface area contributed by atoms with Gasteiger partial charge in [-0.05, 0) is 32.2 Å². The van der Waals surface area contributed by atoms with Gasteiger partial charge in [-0.3, -0.25) is 4.79 Å². The normalized spacial score (nSPS) is 25.4. The molecule has 1 N–H and O–H groups in total. The van der Waals surface area contributed by atoms with Gasteiger partial charge < -0.3 is 15.0 Å². The Morgan fingerprint density at radius 2 is 2.19 bits per heavy atom. The van der Waals surface area contributed by atoms with Gasteiger partial charge in [-0.15, -0.1) is 0 Å². The molecule has 1 saturated heterocycles. The van der Waals surface area contributed by atoms with Crippen LogP contribution in [-0.2, 0) is 9.53 Å². The van der Waals surface area contributed by atoms with Gasteiger partial charge in [-0.1, -0.05) is 6.42 Å². The lowest BCUT2D eigenvalue weighted by Gasteiger charge is -2.30. The zero-order valence-electron chi connectivity index (χ0n) is 10.1. The van der Waals surface area contributed by atoms with Crippen molar-refractivity contribution in [3.05, 3.63) is 0 Å². The van der Waals surface area contributed by atoms with Crippen LogP contribution < -0.4 is 5.32 Å². The van der Waals surface area contributed by atoms with E-state index in [9.17, 15) is 4.79 Å². The predicted octanol–water partition coefficient (Wildman–Crippen LogP) is 0.766. The van der Waals surface area contributed by atoms with Crippen molar-refractivity contribution in [3.63, 3.8) is 0 Å². The maximum Gasteiger partial charge on any atom is 0.248 e. The average molecular weight is 226 g/mol. The van der Waals surface area contributed by atoms with Gasteiger partial charge in [0.15, 0.2) is 0 Å². The highest BCUT2D eigenvalue weighted by Gasteiger charge is 2.33. The quantitative estimate of drug-likeness (QED) is 0.752. The van der Waals surface area contributed by atoms with E-state index < -0.39 is 0 Å². The van der Waals surface area contributed by atoms with Gasteiger partial charge in [0.25, 0.3) is 0 Å². The zero-order valence-corrected chi connectivity index (χ0v) is 10.1. The van der Waals surface area contributed by atoms with E-state index in [0.29, 0.717) is 12.1 Å². The van der Waals surface area contributed by atoms with E-state index in [1.54, 1.807) is 7.11 Å². The number of methoxy groups -OCH3 is 1. The lowest BCUT2D eigenvalue weighted by atomic mass is 10.0. The van der Waals surface area contributed by atoms with Crippen molar-refractivity contribution in [3.8, 4) is 0 Å². The van der Waals surface area contributed by atoms with Gasteiger partial charge in [-0.2, -0.15) is 0 Å². The first kappa shape index (κ1) is 11.9. The van der Waals surface area contributed by atoms with E-state index in [4.69, 9.17) is 4.74 Å². The third kappa shape index (κ3) is 3.19. The van der Waals surface area contributed by atoms with Crippen LogP contribution in [-0.4, -0.2) is 49.7 Å². The Morgan fingerprint density at radius 1 is 1.38 bits per heavy atom. The summed E-state index contributed by atoms with van der Waals surface area (Å²) in [6, 6.07) is 0.988. The fourth-order valence-electron chi connectivity index (χ4n) is 2.36. The molecule has 0 radical (unpaired) electrons. The standard InChI is InChI=1S/C12H22N2O2/c1-16-9-12(15)14(11-5-6-11)8-10-4-2-3-7-13-10/h10-11,13H,2-9H2,1H3. The molecule has 1 unspecified atom stereocenters. The smallest absolute Gasteiger partial charge is 0.248 e. The van der Waals surface area contributed by atoms with Crippen LogP contribution >= 0.6 is 0 Å². The minimum Gasteiger partial charge on any atom is -0.375 e. The molecule has 2 fully saturated rings. The molecular formula is C12H22N2O2. The molecule has 1 saturated carbocycles. The molecule has 16 heavy (non-hydrogen) atoms. The highest BCUT2D eigenvalue weighted by atomic mass is 16.5. The molecule has 1 aliphatic carbocycles. The van der Waals surface area contributed by atoms with E-state index in [1.807, 2.05) is 4.90 Å². The number of nitrogens with one attached hydrogen (secondary N) is 1. The van der Waals surface area contributed by atoms with Crippen molar-refractivity contribution < 1.29 is 9.53 Å². The second kappa shape index (κ2) is 5.64. The third-order valence-corrected chi connectivity index (χ3v) is 3.41. The van der Waals surface area contributed by atoms with Crippen molar-refractivity contribution in [2.45, 2.75) is 44.2 Å². The molecule has 1 atom stereocenters. The lowest BCUT2D eigenvalue weighted by molar-refractivity contribution is -0.136. The summed E-state index contributed by atoms with van der Waals surface area (Å²) in [4.78, 5) is 13.9. The van der Waals surface area contributed by atoms with Crippen LogP contribution in [0.4, 0.5) is 0 Å². The molecule has 92 valence electrons. The van der Waals surface area contributed by atoms with E-state index in [0.717, 1.165) is 13.1 Å². The summed E-state index contributed by atoms with van der Waals surface area (Å²) in [6.45, 7) is 2.19. The van der Waals surface area contributed by atoms with Gasteiger partial charge in [0.1, 0.15) is 6.61 Å². The Labute approximate surface area is 97.3 Å². The molecule has 1 aliphatic heterocycles. The van der Waals surface area contributed by atoms with Crippen LogP contribution in [0.1, 0.15) is 32.1 Å². The van der Waals surface area contributed by atoms with Crippen molar-refractivity contribution >= 4 is 5.91 Å². The Kier molecular flexibility index (Phi) is 4.18. The third-order valence-electron chi connectivity index (χ3n) is 3.41. The van der Waals surface area contributed by atoms with Gasteiger partial charge in [-0.25, -0.2) is 0 Å². The number of carbonyl (C=O) groups excluding carboxylic acids is 1. The van der Waals surface area contributed by atoms with E-state index in [2.05, 4.69) is 5.32 Å². The van der Waals surface area contributed by atoms with Gasteiger partial charge in [0.05, 0.1) is 0 Å². The number of ether oxygens (including phenoxy) is 1. The first-order valence-corrected chi connectivity index (χ1v) is 6.33. The number of nitrogens with zero attached hydrogens (tertiary/aromatic N) is 1. The minimum absolute atomic E-state index is 0.150. The summed E-state index contributed by atoms with van der Waals surface area (Å²) in [5.74, 6) is 0.150. The van der Waals surface area contributed by atoms with Crippen LogP contribution in [0, 0.1) is 0 Å². The maximum absolute atomic E-state index is 11.9. The van der Waals surface area contributed by atoms with Gasteiger partial charge in [0.2, 0.25) is 5.91 Å². The summed E-state index contributed by atoms with van der Waals surface area (Å²) in [5, 5.41) is 3.49. The average Bonchev–Trinajstić information content (AvgIpc) is 3.11. The molecule has 0 aromatic carbocycles. The van der Waals surface area contributed by atoms with Crippen LogP contribution in [0.5, 0.6) is 0 Å². The first-order valence-electron chi connectivity index (χ1n) is 6.33. The highest BCUT2D eigenvalue weighted by Crippen LogP contribution is 2.27. The van der Waals surface area contributed by atoms with E-state index in [1.165, 1.54) is 32.1 Å². The summed E-state index contributed by atoms with van der Waals surface area (Å²) < 4.78 is 4.94. The number of hydrogen-bond acceptors (Lipinski definition) is 3. The fraction of sp³-hybridized carbons (Fsp3) is 0.917. The molecule has 4 heteroatoms. The number of hydrogen-bond donors (Lipinski definition) is 1. The molecule has 0 aromatic heterocycles. The minimum atomic E-state index is 0.150. The summed E-state index contributed by atoms with van der Waals surface area (Å²) in [6.07, 6.45) is 6.09. The molecule has 2 rings (SSSR count). The van der Waals surface area contributed by atoms with Crippen molar-refractivity contribution in [2.24, 2.45) is 0 Å². The molecule has 2 aliphatic rings. The Morgan fingerprint density at radius 3 is 2.75 bits per heavy atom. The predicted molar refractivity (Wildman–Crippen MR) is 62.3 cm³/mol. The topological polar surface area (TPSA) is 41.6 Å². The van der Waals surface area contributed by atoms with Crippen LogP contribution in [0.15, 0.2) is 0 Å². The molecule has 1 heterocycles. The summed E-state index contributed by atoms with van der Waals surface area (Å²) in [5.41, 5.74) is 0.